The number of nitrogens with two attached hydrogens (primary N) is 2. The highest BCUT2D eigenvalue weighted by atomic mass is 16.5. The Bertz CT molecular complexity index is 1520. The van der Waals surface area contributed by atoms with Gasteiger partial charge in [0.15, 0.2) is 5.84 Å². The van der Waals surface area contributed by atoms with Crippen molar-refractivity contribution in [3.8, 4) is 50.8 Å². The third-order valence-electron chi connectivity index (χ3n) is 6.24. The molecule has 5 aromatic rings. The minimum atomic E-state index is 0.128. The van der Waals surface area contributed by atoms with Crippen molar-refractivity contribution >= 4 is 5.84 Å². The molecule has 0 radical (unpaired) electrons. The molecule has 0 spiro atoms. The van der Waals surface area contributed by atoms with E-state index in [0.29, 0.717) is 5.75 Å². The minimum absolute atomic E-state index is 0.128. The van der Waals surface area contributed by atoms with Gasteiger partial charge in [0.25, 0.3) is 0 Å². The van der Waals surface area contributed by atoms with Crippen molar-refractivity contribution in [2.24, 2.45) is 16.7 Å². The van der Waals surface area contributed by atoms with Crippen LogP contribution in [0.3, 0.4) is 0 Å². The van der Waals surface area contributed by atoms with E-state index in [0.717, 1.165) is 51.6 Å². The van der Waals surface area contributed by atoms with Gasteiger partial charge in [0.2, 0.25) is 0 Å². The maximum absolute atomic E-state index is 5.79. The first-order valence-corrected chi connectivity index (χ1v) is 12.3. The number of hydrazone groups is 1. The van der Waals surface area contributed by atoms with Gasteiger partial charge < -0.3 is 20.9 Å². The van der Waals surface area contributed by atoms with Crippen LogP contribution in [0.4, 0.5) is 0 Å². The molecule has 184 valence electrons. The summed E-state index contributed by atoms with van der Waals surface area (Å²) in [5.41, 5.74) is 13.1. The van der Waals surface area contributed by atoms with Gasteiger partial charge >= 0.3 is 0 Å². The van der Waals surface area contributed by atoms with Gasteiger partial charge in [-0.15, -0.1) is 0 Å². The van der Waals surface area contributed by atoms with E-state index in [9.17, 15) is 0 Å². The fourth-order valence-corrected chi connectivity index (χ4v) is 4.53. The number of nitrogens with zero attached hydrogens (tertiary/aromatic N) is 3. The zero-order chi connectivity index (χ0) is 25.6. The van der Waals surface area contributed by atoms with Crippen LogP contribution in [-0.2, 0) is 6.54 Å². The van der Waals surface area contributed by atoms with Crippen LogP contribution < -0.4 is 16.3 Å². The molecule has 1 heterocycles. The van der Waals surface area contributed by atoms with Crippen LogP contribution in [0.2, 0.25) is 0 Å². The Morgan fingerprint density at radius 2 is 1.41 bits per heavy atom. The molecule has 0 amide bonds. The largest absolute Gasteiger partial charge is 0.486 e. The van der Waals surface area contributed by atoms with E-state index in [1.807, 2.05) is 36.4 Å². The maximum atomic E-state index is 5.79. The summed E-state index contributed by atoms with van der Waals surface area (Å²) in [5.74, 6) is 7.08. The third kappa shape index (κ3) is 4.95. The highest BCUT2D eigenvalue weighted by Crippen LogP contribution is 2.39. The van der Waals surface area contributed by atoms with Crippen LogP contribution in [-0.4, -0.2) is 22.0 Å². The summed E-state index contributed by atoms with van der Waals surface area (Å²) in [6.07, 6.45) is 0. The van der Waals surface area contributed by atoms with Gasteiger partial charge in [-0.05, 0) is 30.2 Å². The molecule has 0 bridgehead atoms. The van der Waals surface area contributed by atoms with Crippen molar-refractivity contribution in [1.29, 1.82) is 0 Å². The lowest BCUT2D eigenvalue weighted by molar-refractivity contribution is 0.375. The van der Waals surface area contributed by atoms with Gasteiger partial charge in [-0.2, -0.15) is 5.10 Å². The van der Waals surface area contributed by atoms with Gasteiger partial charge in [0.1, 0.15) is 18.2 Å². The second-order valence-corrected chi connectivity index (χ2v) is 8.59. The Labute approximate surface area is 216 Å². The predicted molar refractivity (Wildman–Crippen MR) is 151 cm³/mol. The molecule has 0 aliphatic carbocycles. The van der Waals surface area contributed by atoms with Crippen LogP contribution >= 0.6 is 0 Å². The van der Waals surface area contributed by atoms with Crippen molar-refractivity contribution in [3.63, 3.8) is 0 Å². The highest BCUT2D eigenvalue weighted by molar-refractivity contribution is 5.87. The number of hydrogen-bond acceptors (Lipinski definition) is 4. The normalized spacial score (nSPS) is 11.4. The van der Waals surface area contributed by atoms with E-state index in [4.69, 9.17) is 21.3 Å². The van der Waals surface area contributed by atoms with E-state index in [2.05, 4.69) is 89.4 Å². The number of hydrogen-bond donors (Lipinski definition) is 2. The zero-order valence-electron chi connectivity index (χ0n) is 20.7. The molecule has 0 aliphatic heterocycles. The number of rotatable bonds is 8. The topological polar surface area (TPSA) is 91.5 Å². The van der Waals surface area contributed by atoms with Crippen LogP contribution in [0.15, 0.2) is 114 Å². The molecule has 0 unspecified atom stereocenters. The fraction of sp³-hybridized carbons (Fsp3) is 0.0968. The van der Waals surface area contributed by atoms with Crippen molar-refractivity contribution in [2.75, 3.05) is 6.61 Å². The predicted octanol–water partition coefficient (Wildman–Crippen LogP) is 6.18. The maximum Gasteiger partial charge on any atom is 0.157 e. The summed E-state index contributed by atoms with van der Waals surface area (Å²) in [7, 11) is 0. The summed E-state index contributed by atoms with van der Waals surface area (Å²) >= 11 is 0. The summed E-state index contributed by atoms with van der Waals surface area (Å²) < 4.78 is 8.09. The number of imidazole rings is 1. The van der Waals surface area contributed by atoms with Crippen molar-refractivity contribution < 1.29 is 4.74 Å². The van der Waals surface area contributed by atoms with E-state index < -0.39 is 0 Å². The first kappa shape index (κ1) is 23.9. The van der Waals surface area contributed by atoms with Crippen LogP contribution in [0.1, 0.15) is 6.92 Å². The number of aromatic nitrogens is 2. The van der Waals surface area contributed by atoms with E-state index in [1.54, 1.807) is 0 Å². The lowest BCUT2D eigenvalue weighted by Crippen LogP contribution is -2.22. The molecule has 4 N–H and O–H groups in total. The lowest BCUT2D eigenvalue weighted by Gasteiger charge is -2.14. The molecule has 6 nitrogen and oxygen atoms in total. The molecule has 4 aromatic carbocycles. The zero-order valence-corrected chi connectivity index (χ0v) is 20.7. The van der Waals surface area contributed by atoms with Gasteiger partial charge in [0, 0.05) is 23.2 Å². The highest BCUT2D eigenvalue weighted by Gasteiger charge is 2.22. The van der Waals surface area contributed by atoms with Crippen LogP contribution in [0.5, 0.6) is 5.75 Å². The Morgan fingerprint density at radius 1 is 0.784 bits per heavy atom. The Morgan fingerprint density at radius 3 is 2.08 bits per heavy atom. The van der Waals surface area contributed by atoms with E-state index in [1.165, 1.54) is 0 Å². The molecular formula is C31H29N5O. The monoisotopic (exact) mass is 487 g/mol. The number of benzene rings is 4. The van der Waals surface area contributed by atoms with Gasteiger partial charge in [0.05, 0.1) is 11.4 Å². The van der Waals surface area contributed by atoms with Crippen LogP contribution in [0.25, 0.3) is 45.0 Å². The van der Waals surface area contributed by atoms with Crippen molar-refractivity contribution in [2.45, 2.75) is 13.5 Å². The molecule has 5 rings (SSSR count). The molecule has 0 saturated heterocycles. The SMILES string of the molecule is CCn1c(-c2ccccc2-c2cccc(OC/C(N)=N/N)c2)nc(-c2ccccc2)c1-c1ccccc1. The molecule has 6 heteroatoms. The summed E-state index contributed by atoms with van der Waals surface area (Å²) in [6.45, 7) is 3.06. The van der Waals surface area contributed by atoms with E-state index >= 15 is 0 Å². The smallest absolute Gasteiger partial charge is 0.157 e. The first-order chi connectivity index (χ1) is 18.2. The third-order valence-corrected chi connectivity index (χ3v) is 6.24. The summed E-state index contributed by atoms with van der Waals surface area (Å²) in [5, 5.41) is 3.48. The standard InChI is InChI=1S/C31H29N5O/c1-2-36-30(23-14-7-4-8-15-23)29(22-12-5-3-6-13-22)34-31(36)27-19-10-9-18-26(27)24-16-11-17-25(20-24)37-21-28(32)35-33/h3-20H,2,21,33H2,1H3,(H2,32,35). The van der Waals surface area contributed by atoms with E-state index in [-0.39, 0.29) is 12.4 Å². The molecule has 0 saturated carbocycles. The lowest BCUT2D eigenvalue weighted by atomic mass is 9.99. The fourth-order valence-electron chi connectivity index (χ4n) is 4.53. The summed E-state index contributed by atoms with van der Waals surface area (Å²) in [6, 6.07) is 37.1. The molecule has 0 atom stereocenters. The minimum Gasteiger partial charge on any atom is -0.486 e. The quantitative estimate of drug-likeness (QED) is 0.118. The molecule has 0 fully saturated rings. The molecule has 1 aromatic heterocycles. The average molecular weight is 488 g/mol. The number of amidine groups is 1. The van der Waals surface area contributed by atoms with Gasteiger partial charge in [-0.25, -0.2) is 4.98 Å². The summed E-state index contributed by atoms with van der Waals surface area (Å²) in [4.78, 5) is 5.26. The molecule has 37 heavy (non-hydrogen) atoms. The Kier molecular flexibility index (Phi) is 6.99. The number of ether oxygens (including phenoxy) is 1. The van der Waals surface area contributed by atoms with Crippen molar-refractivity contribution in [3.05, 3.63) is 109 Å². The van der Waals surface area contributed by atoms with Gasteiger partial charge in [-0.3, -0.25) is 0 Å². The Balaban J connectivity index is 1.67. The van der Waals surface area contributed by atoms with Gasteiger partial charge in [-0.1, -0.05) is 97.1 Å². The first-order valence-electron chi connectivity index (χ1n) is 12.3. The van der Waals surface area contributed by atoms with Crippen LogP contribution in [0, 0.1) is 0 Å². The average Bonchev–Trinajstić information content (AvgIpc) is 3.36. The molecular weight excluding hydrogens is 458 g/mol. The van der Waals surface area contributed by atoms with Crippen molar-refractivity contribution in [1.82, 2.24) is 9.55 Å². The second kappa shape index (κ2) is 10.8. The second-order valence-electron chi connectivity index (χ2n) is 8.59. The Hall–Kier alpha value is -4.84. The molecule has 0 aliphatic rings.